The van der Waals surface area contributed by atoms with E-state index < -0.39 is 183 Å². The van der Waals surface area contributed by atoms with Gasteiger partial charge in [0.2, 0.25) is 0 Å². The highest BCUT2D eigenvalue weighted by Gasteiger charge is 2.38. The molecule has 10 rings (SSSR count). The van der Waals surface area contributed by atoms with E-state index in [-0.39, 0.29) is 22.4 Å². The third-order valence-corrected chi connectivity index (χ3v) is 9.44. The van der Waals surface area contributed by atoms with Crippen molar-refractivity contribution in [2.24, 2.45) is 0 Å². The molecule has 0 amide bonds. The molecule has 0 saturated carbocycles. The van der Waals surface area contributed by atoms with Gasteiger partial charge in [0.25, 0.3) is 0 Å². The fourth-order valence-corrected chi connectivity index (χ4v) is 7.07. The van der Waals surface area contributed by atoms with Gasteiger partial charge in [-0.15, -0.1) is 0 Å². The minimum absolute atomic E-state index is 0.0872. The second kappa shape index (κ2) is 12.3. The van der Waals surface area contributed by atoms with Crippen LogP contribution in [0.25, 0.3) is 88.8 Å². The molecule has 2 heteroatoms. The first-order chi connectivity index (χ1) is 35.2. The van der Waals surface area contributed by atoms with E-state index in [0.717, 1.165) is 5.56 Å². The van der Waals surface area contributed by atoms with Gasteiger partial charge in [-0.3, -0.25) is 0 Å². The molecule has 8 aromatic carbocycles. The Bertz CT molecular complexity index is 4050. The fraction of sp³-hybridized carbons (Fsp3) is 0.0588. The zero-order valence-electron chi connectivity index (χ0n) is 50.0. The molecule has 1 aliphatic rings. The molecule has 0 spiro atoms. The summed E-state index contributed by atoms with van der Waals surface area (Å²) in [6.07, 6.45) is 0. The van der Waals surface area contributed by atoms with Crippen LogP contribution in [-0.2, 0) is 5.41 Å². The van der Waals surface area contributed by atoms with Gasteiger partial charge in [-0.25, -0.2) is 9.97 Å². The Morgan fingerprint density at radius 3 is 1.79 bits per heavy atom. The van der Waals surface area contributed by atoms with Crippen molar-refractivity contribution in [3.05, 3.63) is 193 Å². The van der Waals surface area contributed by atoms with Gasteiger partial charge in [0.1, 0.15) is 0 Å². The average Bonchev–Trinajstić information content (AvgIpc) is 3.63. The maximum Gasteiger partial charge on any atom is 0.160 e. The van der Waals surface area contributed by atoms with Gasteiger partial charge in [-0.05, 0) is 96.3 Å². The highest BCUT2D eigenvalue weighted by atomic mass is 14.9. The SMILES string of the molecule is [2H]c1c(-c2cc3cc(-c4c([2H])c([2H])c([2H])c([2H])c4[2H])ccc3c3c2-c2ccccc2C3(C)C)nc(-c2c([2H])c([2H])c3c([2H])c(-c4c([2H])c([2H])c([2H])c([2H])c4[2H])c([2H])c([2H])c3c2[2H])nc1-c1c([2H])c([2H])c([2H])c([2H])c1[2H]. The summed E-state index contributed by atoms with van der Waals surface area (Å²) in [7, 11) is 0. The van der Waals surface area contributed by atoms with Crippen LogP contribution in [0, 0.1) is 0 Å². The number of rotatable bonds is 5. The lowest BCUT2D eigenvalue weighted by atomic mass is 9.79. The standard InChI is InChI=1S/C51H36N2/c1-51(2)45-21-13-12-20-43(45)48-44(31-41-30-37(26-27-42(41)49(48)51)34-16-8-4-9-17-34)47-32-46(35-18-10-5-11-19-35)52-50(53-47)40-25-24-38-28-36(22-23-39(38)29-40)33-14-6-3-7-15-33/h3-32H,1-2H3/i3D,4D,5D,6D,7D,8D,9D,10D,11D,14D,15D,16D,17D,18D,19D,22D,23D,24D,25D,28D,29D,32D. The van der Waals surface area contributed by atoms with Crippen LogP contribution in [0.2, 0.25) is 0 Å². The van der Waals surface area contributed by atoms with E-state index in [1.807, 2.05) is 32.0 Å². The molecule has 250 valence electrons. The van der Waals surface area contributed by atoms with Crippen molar-refractivity contribution in [2.45, 2.75) is 19.3 Å². The van der Waals surface area contributed by atoms with E-state index >= 15 is 0 Å². The van der Waals surface area contributed by atoms with Crippen molar-refractivity contribution in [1.82, 2.24) is 9.97 Å². The summed E-state index contributed by atoms with van der Waals surface area (Å²) in [6.45, 7) is 3.95. The molecule has 1 aliphatic carbocycles. The van der Waals surface area contributed by atoms with Crippen molar-refractivity contribution in [3.8, 4) is 67.3 Å². The minimum Gasteiger partial charge on any atom is -0.228 e. The zero-order chi connectivity index (χ0) is 54.7. The third-order valence-electron chi connectivity index (χ3n) is 9.44. The maximum absolute atomic E-state index is 9.93. The van der Waals surface area contributed by atoms with Crippen molar-refractivity contribution in [2.75, 3.05) is 0 Å². The molecular weight excluding hydrogens is 641 g/mol. The van der Waals surface area contributed by atoms with Crippen LogP contribution in [0.1, 0.15) is 55.1 Å². The van der Waals surface area contributed by atoms with Crippen molar-refractivity contribution in [1.29, 1.82) is 0 Å². The fourth-order valence-electron chi connectivity index (χ4n) is 7.07. The summed E-state index contributed by atoms with van der Waals surface area (Å²) in [4.78, 5) is 9.43. The Kier molecular flexibility index (Phi) is 3.68. The quantitative estimate of drug-likeness (QED) is 0.179. The van der Waals surface area contributed by atoms with E-state index in [2.05, 4.69) is 4.98 Å². The largest absolute Gasteiger partial charge is 0.228 e. The minimum atomic E-state index is -0.846. The van der Waals surface area contributed by atoms with Gasteiger partial charge in [-0.1, -0.05) is 165 Å². The molecule has 9 aromatic rings. The van der Waals surface area contributed by atoms with Crippen LogP contribution in [-0.4, -0.2) is 9.97 Å². The molecular formula is C51H36N2. The number of benzene rings is 8. The van der Waals surface area contributed by atoms with Gasteiger partial charge in [0.05, 0.1) is 41.5 Å². The second-order valence-electron chi connectivity index (χ2n) is 12.9. The summed E-state index contributed by atoms with van der Waals surface area (Å²) < 4.78 is 194. The van der Waals surface area contributed by atoms with Gasteiger partial charge < -0.3 is 0 Å². The molecule has 53 heavy (non-hydrogen) atoms. The predicted octanol–water partition coefficient (Wildman–Crippen LogP) is 13.4. The third kappa shape index (κ3) is 5.26. The number of aromatic nitrogens is 2. The molecule has 1 heterocycles. The van der Waals surface area contributed by atoms with E-state index in [4.69, 9.17) is 26.9 Å². The number of hydrogen-bond acceptors (Lipinski definition) is 2. The van der Waals surface area contributed by atoms with Crippen LogP contribution in [0.5, 0.6) is 0 Å². The smallest absolute Gasteiger partial charge is 0.160 e. The van der Waals surface area contributed by atoms with Crippen LogP contribution < -0.4 is 0 Å². The van der Waals surface area contributed by atoms with Crippen molar-refractivity contribution < 1.29 is 30.2 Å². The first-order valence-electron chi connectivity index (χ1n) is 27.5. The summed E-state index contributed by atoms with van der Waals surface area (Å²) >= 11 is 0. The first-order valence-corrected chi connectivity index (χ1v) is 16.5. The molecule has 0 N–H and O–H groups in total. The molecule has 0 radical (unpaired) electrons. The maximum atomic E-state index is 9.93. The lowest BCUT2D eigenvalue weighted by molar-refractivity contribution is 0.666. The monoisotopic (exact) mass is 698 g/mol. The van der Waals surface area contributed by atoms with Crippen LogP contribution in [0.15, 0.2) is 181 Å². The number of fused-ring (bicyclic) bond motifs is 6. The Morgan fingerprint density at radius 2 is 1.08 bits per heavy atom. The van der Waals surface area contributed by atoms with Gasteiger partial charge in [0.15, 0.2) is 5.82 Å². The lowest BCUT2D eigenvalue weighted by Crippen LogP contribution is -2.15. The van der Waals surface area contributed by atoms with Crippen LogP contribution >= 0.6 is 0 Å². The molecule has 1 aromatic heterocycles. The summed E-state index contributed by atoms with van der Waals surface area (Å²) in [6, 6.07) is -1.78. The highest BCUT2D eigenvalue weighted by Crippen LogP contribution is 2.55. The van der Waals surface area contributed by atoms with Crippen molar-refractivity contribution >= 4 is 21.5 Å². The van der Waals surface area contributed by atoms with Gasteiger partial charge in [-0.2, -0.15) is 0 Å². The number of hydrogen-bond donors (Lipinski definition) is 0. The Morgan fingerprint density at radius 1 is 0.472 bits per heavy atom. The van der Waals surface area contributed by atoms with Gasteiger partial charge in [0, 0.05) is 22.1 Å². The van der Waals surface area contributed by atoms with Gasteiger partial charge >= 0.3 is 0 Å². The predicted molar refractivity (Wildman–Crippen MR) is 222 cm³/mol. The first kappa shape index (κ1) is 15.9. The summed E-state index contributed by atoms with van der Waals surface area (Å²) in [5.41, 5.74) is -0.892. The molecule has 0 fully saturated rings. The Balaban J connectivity index is 1.36. The second-order valence-corrected chi connectivity index (χ2v) is 12.9. The lowest BCUT2D eigenvalue weighted by Gasteiger charge is -2.24. The average molecular weight is 699 g/mol. The molecule has 0 saturated heterocycles. The summed E-state index contributed by atoms with van der Waals surface area (Å²) in [5, 5.41) is -0.0136. The van der Waals surface area contributed by atoms with E-state index in [1.54, 1.807) is 30.3 Å². The Hall–Kier alpha value is -6.64. The topological polar surface area (TPSA) is 25.8 Å². The molecule has 0 atom stereocenters. The van der Waals surface area contributed by atoms with Crippen LogP contribution in [0.4, 0.5) is 0 Å². The van der Waals surface area contributed by atoms with E-state index in [0.29, 0.717) is 27.5 Å². The molecule has 0 unspecified atom stereocenters. The summed E-state index contributed by atoms with van der Waals surface area (Å²) in [5.74, 6) is -0.604. The van der Waals surface area contributed by atoms with E-state index in [1.165, 1.54) is 0 Å². The van der Waals surface area contributed by atoms with Crippen LogP contribution in [0.3, 0.4) is 0 Å². The Labute approximate surface area is 341 Å². The molecule has 2 nitrogen and oxygen atoms in total. The zero-order valence-corrected chi connectivity index (χ0v) is 28.0. The normalized spacial score (nSPS) is 18.7. The highest BCUT2D eigenvalue weighted by molar-refractivity contribution is 6.05. The van der Waals surface area contributed by atoms with E-state index in [9.17, 15) is 8.22 Å². The molecule has 0 aliphatic heterocycles. The molecule has 0 bridgehead atoms. The van der Waals surface area contributed by atoms with Crippen molar-refractivity contribution in [3.63, 3.8) is 0 Å². The number of nitrogens with zero attached hydrogens (tertiary/aromatic N) is 2.